The van der Waals surface area contributed by atoms with Crippen molar-refractivity contribution in [3.63, 3.8) is 0 Å². The van der Waals surface area contributed by atoms with Crippen molar-refractivity contribution in [3.8, 4) is 0 Å². The van der Waals surface area contributed by atoms with E-state index in [4.69, 9.17) is 4.74 Å². The Morgan fingerprint density at radius 3 is 2.52 bits per heavy atom. The third kappa shape index (κ3) is 5.98. The minimum Gasteiger partial charge on any atom is -0.450 e. The van der Waals surface area contributed by atoms with Crippen molar-refractivity contribution in [1.29, 1.82) is 0 Å². The first-order valence-corrected chi connectivity index (χ1v) is 10.6. The van der Waals surface area contributed by atoms with E-state index in [-0.39, 0.29) is 42.4 Å². The minimum atomic E-state index is -0.550. The second-order valence-electron chi connectivity index (χ2n) is 6.89. The number of fused-ring (bicyclic) bond motifs is 1. The van der Waals surface area contributed by atoms with Gasteiger partial charge in [-0.05, 0) is 50.6 Å². The average molecular weight is 442 g/mol. The van der Waals surface area contributed by atoms with Gasteiger partial charge in [-0.3, -0.25) is 14.9 Å². The quantitative estimate of drug-likeness (QED) is 0.517. The number of nitrogens with zero attached hydrogens (tertiary/aromatic N) is 2. The first-order chi connectivity index (χ1) is 14.9. The fourth-order valence-electron chi connectivity index (χ4n) is 2.69. The zero-order valence-corrected chi connectivity index (χ0v) is 18.2. The van der Waals surface area contributed by atoms with Gasteiger partial charge in [0, 0.05) is 12.6 Å². The molecular weight excluding hydrogens is 418 g/mol. The van der Waals surface area contributed by atoms with Crippen molar-refractivity contribution in [2.45, 2.75) is 33.4 Å². The topological polar surface area (TPSA) is 122 Å². The van der Waals surface area contributed by atoms with Gasteiger partial charge >= 0.3 is 6.09 Å². The van der Waals surface area contributed by atoms with Crippen LogP contribution in [0.2, 0.25) is 0 Å². The van der Waals surface area contributed by atoms with E-state index in [0.29, 0.717) is 10.6 Å². The van der Waals surface area contributed by atoms with Crippen molar-refractivity contribution in [2.75, 3.05) is 11.9 Å². The predicted octanol–water partition coefficient (Wildman–Crippen LogP) is 3.33. The maximum absolute atomic E-state index is 12.5. The summed E-state index contributed by atoms with van der Waals surface area (Å²) in [5, 5.41) is 8.57. The van der Waals surface area contributed by atoms with Crippen LogP contribution in [0.3, 0.4) is 0 Å². The number of rotatable bonds is 7. The number of ether oxygens (including phenoxy) is 1. The van der Waals surface area contributed by atoms with E-state index >= 15 is 0 Å². The predicted molar refractivity (Wildman–Crippen MR) is 118 cm³/mol. The maximum atomic E-state index is 12.5. The van der Waals surface area contributed by atoms with Crippen molar-refractivity contribution >= 4 is 44.6 Å². The van der Waals surface area contributed by atoms with Gasteiger partial charge in [-0.25, -0.2) is 14.8 Å². The second-order valence-corrected chi connectivity index (χ2v) is 7.92. The Kier molecular flexibility index (Phi) is 7.14. The molecule has 3 amide bonds. The van der Waals surface area contributed by atoms with Gasteiger partial charge in [0.25, 0.3) is 11.8 Å². The van der Waals surface area contributed by atoms with Crippen LogP contribution in [0.5, 0.6) is 0 Å². The summed E-state index contributed by atoms with van der Waals surface area (Å²) < 4.78 is 5.75. The highest BCUT2D eigenvalue weighted by atomic mass is 32.1. The Morgan fingerprint density at radius 1 is 1.06 bits per heavy atom. The molecule has 0 aliphatic heterocycles. The first kappa shape index (κ1) is 22.2. The summed E-state index contributed by atoms with van der Waals surface area (Å²) >= 11 is 1.33. The summed E-state index contributed by atoms with van der Waals surface area (Å²) in [5.41, 5.74) is 1.88. The van der Waals surface area contributed by atoms with Gasteiger partial charge in [-0.1, -0.05) is 23.5 Å². The Morgan fingerprint density at radius 2 is 1.81 bits per heavy atom. The third-order valence-electron chi connectivity index (χ3n) is 4.02. The zero-order chi connectivity index (χ0) is 22.4. The number of carbonyl (C=O) groups is 3. The molecule has 10 heteroatoms. The summed E-state index contributed by atoms with van der Waals surface area (Å²) in [4.78, 5) is 44.6. The standard InChI is InChI=1S/C21H23N5O4S/c1-4-30-21(29)26-20-25-16-10-13(8-9-17(16)31-20)11-22-18(27)14-6-5-7-15(24-14)19(28)23-12(2)3/h5-10,12H,4,11H2,1-3H3,(H,22,27)(H,23,28)(H,25,26,29). The van der Waals surface area contributed by atoms with Crippen molar-refractivity contribution in [2.24, 2.45) is 0 Å². The fourth-order valence-corrected chi connectivity index (χ4v) is 3.52. The SMILES string of the molecule is CCOC(=O)Nc1nc2cc(CNC(=O)c3cccc(C(=O)NC(C)C)n3)ccc2s1. The molecule has 0 saturated carbocycles. The molecule has 0 saturated heterocycles. The Hall–Kier alpha value is -3.53. The number of carbonyl (C=O) groups excluding carboxylic acids is 3. The molecule has 1 aromatic carbocycles. The van der Waals surface area contributed by atoms with Crippen molar-refractivity contribution < 1.29 is 19.1 Å². The molecule has 3 N–H and O–H groups in total. The van der Waals surface area contributed by atoms with Gasteiger partial charge in [-0.2, -0.15) is 0 Å². The number of hydrogen-bond donors (Lipinski definition) is 3. The number of hydrogen-bond acceptors (Lipinski definition) is 7. The molecule has 162 valence electrons. The molecular formula is C21H23N5O4S. The Balaban J connectivity index is 1.64. The zero-order valence-electron chi connectivity index (χ0n) is 17.4. The minimum absolute atomic E-state index is 0.0274. The highest BCUT2D eigenvalue weighted by Crippen LogP contribution is 2.26. The van der Waals surface area contributed by atoms with Crippen LogP contribution in [0.4, 0.5) is 9.93 Å². The van der Waals surface area contributed by atoms with E-state index in [2.05, 4.69) is 25.9 Å². The number of aromatic nitrogens is 2. The highest BCUT2D eigenvalue weighted by Gasteiger charge is 2.13. The van der Waals surface area contributed by atoms with Crippen LogP contribution in [0.25, 0.3) is 10.2 Å². The van der Waals surface area contributed by atoms with E-state index in [9.17, 15) is 14.4 Å². The molecule has 0 fully saturated rings. The maximum Gasteiger partial charge on any atom is 0.413 e. The summed E-state index contributed by atoms with van der Waals surface area (Å²) in [6.45, 7) is 5.97. The summed E-state index contributed by atoms with van der Waals surface area (Å²) in [7, 11) is 0. The van der Waals surface area contributed by atoms with E-state index in [1.165, 1.54) is 11.3 Å². The lowest BCUT2D eigenvalue weighted by atomic mass is 10.2. The molecule has 0 aliphatic rings. The van der Waals surface area contributed by atoms with Crippen LogP contribution >= 0.6 is 11.3 Å². The molecule has 0 unspecified atom stereocenters. The van der Waals surface area contributed by atoms with Crippen molar-refractivity contribution in [1.82, 2.24) is 20.6 Å². The van der Waals surface area contributed by atoms with Crippen LogP contribution in [0.15, 0.2) is 36.4 Å². The molecule has 0 aliphatic carbocycles. The molecule has 0 spiro atoms. The van der Waals surface area contributed by atoms with E-state index < -0.39 is 6.09 Å². The molecule has 3 rings (SSSR count). The number of nitrogens with one attached hydrogen (secondary N) is 3. The first-order valence-electron chi connectivity index (χ1n) is 9.75. The van der Waals surface area contributed by atoms with E-state index in [1.54, 1.807) is 25.1 Å². The molecule has 2 heterocycles. The van der Waals surface area contributed by atoms with Gasteiger partial charge in [-0.15, -0.1) is 0 Å². The monoisotopic (exact) mass is 441 g/mol. The number of benzene rings is 1. The van der Waals surface area contributed by atoms with Gasteiger partial charge in [0.1, 0.15) is 11.4 Å². The molecule has 31 heavy (non-hydrogen) atoms. The summed E-state index contributed by atoms with van der Waals surface area (Å²) in [6, 6.07) is 10.3. The molecule has 0 atom stereocenters. The number of amides is 3. The Bertz CT molecular complexity index is 1110. The number of pyridine rings is 1. The summed E-state index contributed by atoms with van der Waals surface area (Å²) in [6.07, 6.45) is -0.550. The van der Waals surface area contributed by atoms with Crippen LogP contribution in [0.1, 0.15) is 47.3 Å². The summed E-state index contributed by atoms with van der Waals surface area (Å²) in [5.74, 6) is -0.715. The molecule has 0 bridgehead atoms. The number of thiazole rings is 1. The van der Waals surface area contributed by atoms with Gasteiger partial charge < -0.3 is 15.4 Å². The third-order valence-corrected chi connectivity index (χ3v) is 4.98. The van der Waals surface area contributed by atoms with Gasteiger partial charge in [0.15, 0.2) is 5.13 Å². The van der Waals surface area contributed by atoms with Crippen LogP contribution < -0.4 is 16.0 Å². The average Bonchev–Trinajstić information content (AvgIpc) is 3.13. The molecule has 3 aromatic rings. The van der Waals surface area contributed by atoms with Crippen LogP contribution in [-0.4, -0.2) is 40.5 Å². The Labute approximate surface area is 183 Å². The van der Waals surface area contributed by atoms with Gasteiger partial charge in [0.05, 0.1) is 16.8 Å². The van der Waals surface area contributed by atoms with Crippen LogP contribution in [0, 0.1) is 0 Å². The molecule has 2 aromatic heterocycles. The second kappa shape index (κ2) is 9.98. The van der Waals surface area contributed by atoms with Gasteiger partial charge in [0.2, 0.25) is 0 Å². The number of anilines is 1. The lowest BCUT2D eigenvalue weighted by molar-refractivity contribution is 0.0936. The highest BCUT2D eigenvalue weighted by molar-refractivity contribution is 7.22. The van der Waals surface area contributed by atoms with E-state index in [1.807, 2.05) is 32.0 Å². The van der Waals surface area contributed by atoms with Crippen molar-refractivity contribution in [3.05, 3.63) is 53.3 Å². The largest absolute Gasteiger partial charge is 0.450 e. The fraction of sp³-hybridized carbons (Fsp3) is 0.286. The van der Waals surface area contributed by atoms with E-state index in [0.717, 1.165) is 10.3 Å². The smallest absolute Gasteiger partial charge is 0.413 e. The van der Waals surface area contributed by atoms with Crippen LogP contribution in [-0.2, 0) is 11.3 Å². The molecule has 9 nitrogen and oxygen atoms in total. The lowest BCUT2D eigenvalue weighted by Crippen LogP contribution is -2.31. The lowest BCUT2D eigenvalue weighted by Gasteiger charge is -2.09. The normalized spacial score (nSPS) is 10.7. The molecule has 0 radical (unpaired) electrons.